The average molecular weight is 478 g/mol. The number of carbonyl (C=O) groups is 2. The first-order valence-corrected chi connectivity index (χ1v) is 12.3. The number of piperazine rings is 1. The van der Waals surface area contributed by atoms with E-state index in [-0.39, 0.29) is 12.3 Å². The van der Waals surface area contributed by atoms with Crippen LogP contribution in [0.2, 0.25) is 0 Å². The van der Waals surface area contributed by atoms with Crippen LogP contribution in [0.15, 0.2) is 54.7 Å². The highest BCUT2D eigenvalue weighted by atomic mass is 16.5. The normalized spacial score (nSPS) is 14.8. The van der Waals surface area contributed by atoms with E-state index in [1.807, 2.05) is 47.5 Å². The molecule has 0 spiro atoms. The molecule has 35 heavy (non-hydrogen) atoms. The number of carbonyl (C=O) groups excluding carboxylic acids is 2. The van der Waals surface area contributed by atoms with E-state index in [2.05, 4.69) is 34.0 Å². The van der Waals surface area contributed by atoms with Gasteiger partial charge < -0.3 is 14.8 Å². The number of hydroxylamine groups is 1. The van der Waals surface area contributed by atoms with Crippen molar-refractivity contribution in [1.29, 1.82) is 0 Å². The molecule has 0 unspecified atom stereocenters. The number of fused-ring (bicyclic) bond motifs is 1. The first-order valence-electron chi connectivity index (χ1n) is 12.3. The Balaban J connectivity index is 1.42. The minimum Gasteiger partial charge on any atom is -0.361 e. The van der Waals surface area contributed by atoms with E-state index in [0.717, 1.165) is 49.2 Å². The van der Waals surface area contributed by atoms with Crippen LogP contribution in [0.25, 0.3) is 10.9 Å². The zero-order chi connectivity index (χ0) is 24.6. The Labute approximate surface area is 206 Å². The Hall–Kier alpha value is -3.20. The molecule has 3 N–H and O–H groups in total. The number of para-hydroxylation sites is 1. The van der Waals surface area contributed by atoms with Gasteiger partial charge in [0.15, 0.2) is 0 Å². The minimum absolute atomic E-state index is 0.151. The van der Waals surface area contributed by atoms with Crippen molar-refractivity contribution >= 4 is 22.7 Å². The monoisotopic (exact) mass is 477 g/mol. The summed E-state index contributed by atoms with van der Waals surface area (Å²) in [7, 11) is 2.12. The fourth-order valence-corrected chi connectivity index (χ4v) is 4.53. The lowest BCUT2D eigenvalue weighted by molar-refractivity contribution is -0.133. The van der Waals surface area contributed by atoms with Crippen molar-refractivity contribution in [3.63, 3.8) is 0 Å². The van der Waals surface area contributed by atoms with Crippen LogP contribution in [0.3, 0.4) is 0 Å². The molecule has 186 valence electrons. The van der Waals surface area contributed by atoms with Gasteiger partial charge in [0, 0.05) is 62.8 Å². The highest BCUT2D eigenvalue weighted by Crippen LogP contribution is 2.19. The fraction of sp³-hybridized carbons (Fsp3) is 0.407. The Kier molecular flexibility index (Phi) is 8.52. The molecule has 2 aromatic carbocycles. The van der Waals surface area contributed by atoms with Gasteiger partial charge in [0.1, 0.15) is 0 Å². The van der Waals surface area contributed by atoms with Crippen LogP contribution in [-0.2, 0) is 29.0 Å². The van der Waals surface area contributed by atoms with Crippen LogP contribution >= 0.6 is 0 Å². The molecule has 1 aliphatic heterocycles. The molecule has 0 atom stereocenters. The number of aromatic amines is 1. The SMILES string of the molecule is CN1CCN(CC(=O)N(CCc2c[nH]c3ccccc23)Cc2ccc(CCC(=O)NO)cc2)CC1. The number of hydrogen-bond acceptors (Lipinski definition) is 5. The molecule has 0 aliphatic carbocycles. The Morgan fingerprint density at radius 2 is 1.71 bits per heavy atom. The number of amides is 2. The summed E-state index contributed by atoms with van der Waals surface area (Å²) in [6.07, 6.45) is 3.62. The molecule has 1 saturated heterocycles. The number of hydrogen-bond donors (Lipinski definition) is 3. The second-order valence-electron chi connectivity index (χ2n) is 9.36. The molecule has 3 aromatic rings. The fourth-order valence-electron chi connectivity index (χ4n) is 4.53. The van der Waals surface area contributed by atoms with Crippen molar-refractivity contribution in [2.45, 2.75) is 25.8 Å². The summed E-state index contributed by atoms with van der Waals surface area (Å²) < 4.78 is 0. The molecule has 1 aliphatic rings. The minimum atomic E-state index is -0.396. The number of nitrogens with zero attached hydrogens (tertiary/aromatic N) is 3. The number of H-pyrrole nitrogens is 1. The van der Waals surface area contributed by atoms with Gasteiger partial charge in [-0.1, -0.05) is 42.5 Å². The lowest BCUT2D eigenvalue weighted by Gasteiger charge is -2.33. The number of aromatic nitrogens is 1. The molecular formula is C27H35N5O3. The molecule has 1 aromatic heterocycles. The van der Waals surface area contributed by atoms with Crippen LogP contribution in [0, 0.1) is 0 Å². The summed E-state index contributed by atoms with van der Waals surface area (Å²) in [4.78, 5) is 34.5. The van der Waals surface area contributed by atoms with Gasteiger partial charge in [-0.15, -0.1) is 0 Å². The third-order valence-corrected chi connectivity index (χ3v) is 6.80. The second-order valence-corrected chi connectivity index (χ2v) is 9.36. The standard InChI is InChI=1S/C27H35N5O3/c1-30-14-16-31(17-15-30)20-27(34)32(13-12-23-18-28-25-5-3-2-4-24(23)25)19-22-8-6-21(7-9-22)10-11-26(33)29-35/h2-9,18,28,35H,10-17,19-20H2,1H3,(H,29,33). The van der Waals surface area contributed by atoms with Crippen LogP contribution in [-0.4, -0.2) is 83.0 Å². The van der Waals surface area contributed by atoms with E-state index in [1.54, 1.807) is 5.48 Å². The molecule has 0 bridgehead atoms. The van der Waals surface area contributed by atoms with E-state index in [1.165, 1.54) is 10.9 Å². The van der Waals surface area contributed by atoms with E-state index in [0.29, 0.717) is 26.1 Å². The lowest BCUT2D eigenvalue weighted by atomic mass is 10.1. The summed E-state index contributed by atoms with van der Waals surface area (Å²) in [5, 5.41) is 9.88. The number of likely N-dealkylation sites (N-methyl/N-ethyl adjacent to an activating group) is 1. The van der Waals surface area contributed by atoms with E-state index < -0.39 is 5.91 Å². The van der Waals surface area contributed by atoms with Gasteiger partial charge in [-0.05, 0) is 42.6 Å². The predicted octanol–water partition coefficient (Wildman–Crippen LogP) is 2.42. The summed E-state index contributed by atoms with van der Waals surface area (Å²) in [5.74, 6) is -0.245. The van der Waals surface area contributed by atoms with Crippen LogP contribution in [0.4, 0.5) is 0 Å². The highest BCUT2D eigenvalue weighted by molar-refractivity contribution is 5.83. The maximum Gasteiger partial charge on any atom is 0.243 e. The zero-order valence-corrected chi connectivity index (χ0v) is 20.4. The van der Waals surface area contributed by atoms with Gasteiger partial charge in [0.2, 0.25) is 11.8 Å². The van der Waals surface area contributed by atoms with Gasteiger partial charge in [-0.2, -0.15) is 0 Å². The number of benzene rings is 2. The Morgan fingerprint density at radius 1 is 1.00 bits per heavy atom. The maximum absolute atomic E-state index is 13.4. The highest BCUT2D eigenvalue weighted by Gasteiger charge is 2.21. The second kappa shape index (κ2) is 12.0. The molecule has 4 rings (SSSR count). The summed E-state index contributed by atoms with van der Waals surface area (Å²) in [6.45, 7) is 5.43. The zero-order valence-electron chi connectivity index (χ0n) is 20.4. The third-order valence-electron chi connectivity index (χ3n) is 6.80. The first-order chi connectivity index (χ1) is 17.0. The molecular weight excluding hydrogens is 442 g/mol. The number of nitrogens with one attached hydrogen (secondary N) is 2. The van der Waals surface area contributed by atoms with Gasteiger partial charge >= 0.3 is 0 Å². The quantitative estimate of drug-likeness (QED) is 0.308. The molecule has 8 heteroatoms. The molecule has 0 saturated carbocycles. The van der Waals surface area contributed by atoms with E-state index in [4.69, 9.17) is 5.21 Å². The summed E-state index contributed by atoms with van der Waals surface area (Å²) >= 11 is 0. The van der Waals surface area contributed by atoms with Crippen molar-refractivity contribution in [2.24, 2.45) is 0 Å². The van der Waals surface area contributed by atoms with Gasteiger partial charge in [-0.3, -0.25) is 19.7 Å². The summed E-state index contributed by atoms with van der Waals surface area (Å²) in [5.41, 5.74) is 6.08. The Bertz CT molecular complexity index is 1120. The molecule has 1 fully saturated rings. The molecule has 8 nitrogen and oxygen atoms in total. The van der Waals surface area contributed by atoms with Crippen molar-refractivity contribution in [2.75, 3.05) is 46.3 Å². The van der Waals surface area contributed by atoms with Crippen LogP contribution in [0.5, 0.6) is 0 Å². The van der Waals surface area contributed by atoms with Crippen molar-refractivity contribution < 1.29 is 14.8 Å². The largest absolute Gasteiger partial charge is 0.361 e. The van der Waals surface area contributed by atoms with Crippen LogP contribution < -0.4 is 5.48 Å². The predicted molar refractivity (Wildman–Crippen MR) is 136 cm³/mol. The van der Waals surface area contributed by atoms with Crippen molar-refractivity contribution in [3.05, 3.63) is 71.4 Å². The van der Waals surface area contributed by atoms with E-state index in [9.17, 15) is 9.59 Å². The number of rotatable bonds is 10. The summed E-state index contributed by atoms with van der Waals surface area (Å²) in [6, 6.07) is 16.3. The van der Waals surface area contributed by atoms with Gasteiger partial charge in [-0.25, -0.2) is 5.48 Å². The number of aryl methyl sites for hydroxylation is 1. The third kappa shape index (κ3) is 6.91. The maximum atomic E-state index is 13.4. The van der Waals surface area contributed by atoms with Crippen molar-refractivity contribution in [1.82, 2.24) is 25.2 Å². The molecule has 0 radical (unpaired) electrons. The smallest absolute Gasteiger partial charge is 0.243 e. The molecule has 2 heterocycles. The average Bonchev–Trinajstić information content (AvgIpc) is 3.30. The van der Waals surface area contributed by atoms with Crippen molar-refractivity contribution in [3.8, 4) is 0 Å². The molecule has 2 amide bonds. The first kappa shape index (κ1) is 24.9. The van der Waals surface area contributed by atoms with Crippen LogP contribution in [0.1, 0.15) is 23.1 Å². The topological polar surface area (TPSA) is 91.9 Å². The lowest BCUT2D eigenvalue weighted by Crippen LogP contribution is -2.49. The van der Waals surface area contributed by atoms with E-state index >= 15 is 0 Å². The van der Waals surface area contributed by atoms with Gasteiger partial charge in [0.05, 0.1) is 6.54 Å². The Morgan fingerprint density at radius 3 is 2.46 bits per heavy atom. The van der Waals surface area contributed by atoms with Gasteiger partial charge in [0.25, 0.3) is 0 Å².